The van der Waals surface area contributed by atoms with E-state index in [2.05, 4.69) is 9.97 Å². The number of piperidine rings is 1. The van der Waals surface area contributed by atoms with Gasteiger partial charge in [0.1, 0.15) is 18.3 Å². The summed E-state index contributed by atoms with van der Waals surface area (Å²) in [6.07, 6.45) is 2.67. The number of nitrogens with zero attached hydrogens (tertiary/aromatic N) is 3. The molecule has 1 aliphatic rings. The first-order chi connectivity index (χ1) is 10.8. The van der Waals surface area contributed by atoms with Gasteiger partial charge in [0, 0.05) is 37.7 Å². The number of hydrogen-bond acceptors (Lipinski definition) is 6. The molecule has 0 aromatic carbocycles. The summed E-state index contributed by atoms with van der Waals surface area (Å²) < 4.78 is 11.3. The molecule has 1 saturated heterocycles. The van der Waals surface area contributed by atoms with Crippen LogP contribution in [0.5, 0.6) is 5.88 Å². The first-order valence-electron chi connectivity index (χ1n) is 7.87. The minimum Gasteiger partial charge on any atom is -0.474 e. The molecule has 1 N–H and O–H groups in total. The van der Waals surface area contributed by atoms with E-state index in [1.54, 1.807) is 17.2 Å². The molecule has 1 amide bonds. The third kappa shape index (κ3) is 5.06. The minimum atomic E-state index is -0.494. The highest BCUT2D eigenvalue weighted by Crippen LogP contribution is 2.23. The SMILES string of the molecule is C[C@H]1C[C@@H](Oc2ccnc(CO)n2)CCN1C(=O)OC(C)(C)C. The van der Waals surface area contributed by atoms with Gasteiger partial charge in [0.25, 0.3) is 0 Å². The molecule has 7 nitrogen and oxygen atoms in total. The summed E-state index contributed by atoms with van der Waals surface area (Å²) in [5, 5.41) is 9.06. The highest BCUT2D eigenvalue weighted by atomic mass is 16.6. The molecule has 2 heterocycles. The fraction of sp³-hybridized carbons (Fsp3) is 0.688. The Morgan fingerprint density at radius 1 is 1.48 bits per heavy atom. The van der Waals surface area contributed by atoms with Gasteiger partial charge in [-0.25, -0.2) is 9.78 Å². The van der Waals surface area contributed by atoms with Gasteiger partial charge in [0.15, 0.2) is 5.82 Å². The van der Waals surface area contributed by atoms with Gasteiger partial charge >= 0.3 is 6.09 Å². The minimum absolute atomic E-state index is 0.0230. The molecule has 0 bridgehead atoms. The largest absolute Gasteiger partial charge is 0.474 e. The Balaban J connectivity index is 1.91. The lowest BCUT2D eigenvalue weighted by atomic mass is 10.0. The molecule has 0 aliphatic carbocycles. The third-order valence-electron chi connectivity index (χ3n) is 3.56. The molecule has 0 saturated carbocycles. The maximum absolute atomic E-state index is 12.2. The Morgan fingerprint density at radius 3 is 2.83 bits per heavy atom. The normalized spacial score (nSPS) is 21.9. The number of aromatic nitrogens is 2. The standard InChI is InChI=1S/C16H25N3O4/c1-11-9-12(22-14-5-7-17-13(10-20)18-14)6-8-19(11)15(21)23-16(2,3)4/h5,7,11-12,20H,6,8-10H2,1-4H3/t11-,12-/m0/s1. The van der Waals surface area contributed by atoms with Crippen LogP contribution in [0.3, 0.4) is 0 Å². The number of amides is 1. The molecule has 128 valence electrons. The van der Waals surface area contributed by atoms with Gasteiger partial charge in [-0.2, -0.15) is 4.98 Å². The van der Waals surface area contributed by atoms with Crippen LogP contribution in [0.15, 0.2) is 12.3 Å². The van der Waals surface area contributed by atoms with Crippen molar-refractivity contribution in [2.24, 2.45) is 0 Å². The van der Waals surface area contributed by atoms with E-state index in [1.165, 1.54) is 0 Å². The number of likely N-dealkylation sites (tertiary alicyclic amines) is 1. The first-order valence-corrected chi connectivity index (χ1v) is 7.87. The van der Waals surface area contributed by atoms with E-state index in [0.29, 0.717) is 31.1 Å². The molecule has 1 aromatic heterocycles. The molecule has 1 fully saturated rings. The van der Waals surface area contributed by atoms with Crippen molar-refractivity contribution in [3.8, 4) is 5.88 Å². The Bertz CT molecular complexity index is 544. The Hall–Kier alpha value is -1.89. The smallest absolute Gasteiger partial charge is 0.410 e. The van der Waals surface area contributed by atoms with Crippen molar-refractivity contribution in [1.82, 2.24) is 14.9 Å². The number of carbonyl (C=O) groups is 1. The van der Waals surface area contributed by atoms with Crippen LogP contribution in [0.1, 0.15) is 46.4 Å². The van der Waals surface area contributed by atoms with E-state index in [-0.39, 0.29) is 24.8 Å². The van der Waals surface area contributed by atoms with Gasteiger partial charge in [-0.15, -0.1) is 0 Å². The van der Waals surface area contributed by atoms with Crippen molar-refractivity contribution < 1.29 is 19.4 Å². The maximum Gasteiger partial charge on any atom is 0.410 e. The van der Waals surface area contributed by atoms with Gasteiger partial charge in [-0.3, -0.25) is 0 Å². The monoisotopic (exact) mass is 323 g/mol. The van der Waals surface area contributed by atoms with Crippen LogP contribution in [-0.2, 0) is 11.3 Å². The predicted molar refractivity (Wildman–Crippen MR) is 84.0 cm³/mol. The number of aliphatic hydroxyl groups excluding tert-OH is 1. The van der Waals surface area contributed by atoms with Crippen molar-refractivity contribution in [3.05, 3.63) is 18.1 Å². The second-order valence-electron chi connectivity index (χ2n) is 6.76. The Morgan fingerprint density at radius 2 is 2.22 bits per heavy atom. The average molecular weight is 323 g/mol. The lowest BCUT2D eigenvalue weighted by molar-refractivity contribution is -0.00157. The van der Waals surface area contributed by atoms with Crippen molar-refractivity contribution in [1.29, 1.82) is 0 Å². The summed E-state index contributed by atoms with van der Waals surface area (Å²) in [7, 11) is 0. The zero-order chi connectivity index (χ0) is 17.0. The molecule has 1 aliphatic heterocycles. The van der Waals surface area contributed by atoms with Crippen molar-refractivity contribution in [3.63, 3.8) is 0 Å². The van der Waals surface area contributed by atoms with Gasteiger partial charge in [0.05, 0.1) is 0 Å². The first kappa shape index (κ1) is 17.5. The van der Waals surface area contributed by atoms with E-state index in [9.17, 15) is 4.79 Å². The van der Waals surface area contributed by atoms with Crippen LogP contribution in [0.4, 0.5) is 4.79 Å². The van der Waals surface area contributed by atoms with Crippen molar-refractivity contribution >= 4 is 6.09 Å². The number of hydrogen-bond donors (Lipinski definition) is 1. The van der Waals surface area contributed by atoms with Crippen molar-refractivity contribution in [2.75, 3.05) is 6.54 Å². The molecule has 23 heavy (non-hydrogen) atoms. The maximum atomic E-state index is 12.2. The van der Waals surface area contributed by atoms with Crippen LogP contribution in [0.25, 0.3) is 0 Å². The Labute approximate surface area is 136 Å². The summed E-state index contributed by atoms with van der Waals surface area (Å²) in [4.78, 5) is 22.0. The quantitative estimate of drug-likeness (QED) is 0.917. The Kier molecular flexibility index (Phi) is 5.41. The molecule has 1 aromatic rings. The molecular weight excluding hydrogens is 298 g/mol. The topological polar surface area (TPSA) is 84.8 Å². The summed E-state index contributed by atoms with van der Waals surface area (Å²) in [6, 6.07) is 1.70. The lowest BCUT2D eigenvalue weighted by Crippen LogP contribution is -2.49. The second-order valence-corrected chi connectivity index (χ2v) is 6.76. The summed E-state index contributed by atoms with van der Waals surface area (Å²) in [6.45, 7) is 7.93. The average Bonchev–Trinajstić information content (AvgIpc) is 2.45. The fourth-order valence-corrected chi connectivity index (χ4v) is 2.52. The number of aliphatic hydroxyl groups is 1. The van der Waals surface area contributed by atoms with E-state index >= 15 is 0 Å². The number of carbonyl (C=O) groups excluding carboxylic acids is 1. The summed E-state index contributed by atoms with van der Waals surface area (Å²) >= 11 is 0. The second kappa shape index (κ2) is 7.12. The van der Waals surface area contributed by atoms with Crippen LogP contribution in [0.2, 0.25) is 0 Å². The number of ether oxygens (including phenoxy) is 2. The molecule has 7 heteroatoms. The molecular formula is C16H25N3O4. The zero-order valence-electron chi connectivity index (χ0n) is 14.2. The van der Waals surface area contributed by atoms with E-state index in [4.69, 9.17) is 14.6 Å². The predicted octanol–water partition coefficient (Wildman–Crippen LogP) is 2.14. The zero-order valence-corrected chi connectivity index (χ0v) is 14.2. The van der Waals surface area contributed by atoms with Gasteiger partial charge in [-0.1, -0.05) is 0 Å². The molecule has 0 spiro atoms. The van der Waals surface area contributed by atoms with Gasteiger partial charge < -0.3 is 19.5 Å². The van der Waals surface area contributed by atoms with E-state index < -0.39 is 5.60 Å². The van der Waals surface area contributed by atoms with Crippen LogP contribution in [0, 0.1) is 0 Å². The highest BCUT2D eigenvalue weighted by Gasteiger charge is 2.32. The van der Waals surface area contributed by atoms with E-state index in [0.717, 1.165) is 0 Å². The van der Waals surface area contributed by atoms with Crippen LogP contribution < -0.4 is 4.74 Å². The van der Waals surface area contributed by atoms with Crippen LogP contribution in [-0.4, -0.2) is 50.4 Å². The van der Waals surface area contributed by atoms with Gasteiger partial charge in [0.2, 0.25) is 5.88 Å². The molecule has 0 unspecified atom stereocenters. The number of rotatable bonds is 3. The lowest BCUT2D eigenvalue weighted by Gasteiger charge is -2.38. The third-order valence-corrected chi connectivity index (χ3v) is 3.56. The fourth-order valence-electron chi connectivity index (χ4n) is 2.52. The molecule has 2 rings (SSSR count). The highest BCUT2D eigenvalue weighted by molar-refractivity contribution is 5.68. The molecule has 0 radical (unpaired) electrons. The van der Waals surface area contributed by atoms with Gasteiger partial charge in [-0.05, 0) is 27.7 Å². The van der Waals surface area contributed by atoms with Crippen LogP contribution >= 0.6 is 0 Å². The summed E-state index contributed by atoms with van der Waals surface area (Å²) in [5.74, 6) is 0.786. The van der Waals surface area contributed by atoms with E-state index in [1.807, 2.05) is 27.7 Å². The molecule has 2 atom stereocenters. The van der Waals surface area contributed by atoms with Crippen molar-refractivity contribution in [2.45, 2.75) is 64.9 Å². The summed E-state index contributed by atoms with van der Waals surface area (Å²) in [5.41, 5.74) is -0.494.